The predicted octanol–water partition coefficient (Wildman–Crippen LogP) is 1.66. The molecule has 2 aliphatic rings. The van der Waals surface area contributed by atoms with Crippen LogP contribution in [-0.2, 0) is 19.6 Å². The lowest BCUT2D eigenvalue weighted by Crippen LogP contribution is -2.37. The van der Waals surface area contributed by atoms with Crippen molar-refractivity contribution in [3.05, 3.63) is 29.3 Å². The Morgan fingerprint density at radius 3 is 2.68 bits per heavy atom. The van der Waals surface area contributed by atoms with E-state index in [-0.39, 0.29) is 29.5 Å². The molecule has 1 N–H and O–H groups in total. The number of rotatable bonds is 4. The molecule has 8 heteroatoms. The monoisotopic (exact) mass is 367 g/mol. The number of esters is 1. The summed E-state index contributed by atoms with van der Waals surface area (Å²) in [6, 6.07) is 4.37. The third kappa shape index (κ3) is 2.73. The zero-order chi connectivity index (χ0) is 18.4. The molecule has 1 saturated heterocycles. The fourth-order valence-electron chi connectivity index (χ4n) is 4.04. The normalized spacial score (nSPS) is 26.4. The van der Waals surface area contributed by atoms with E-state index >= 15 is 0 Å². The Kier molecular flexibility index (Phi) is 4.36. The number of aliphatic carboxylic acids is 1. The molecule has 1 heterocycles. The highest BCUT2D eigenvalue weighted by Crippen LogP contribution is 2.50. The van der Waals surface area contributed by atoms with Gasteiger partial charge in [-0.15, -0.1) is 0 Å². The zero-order valence-electron chi connectivity index (χ0n) is 14.2. The maximum Gasteiger partial charge on any atom is 0.337 e. The number of carbonyl (C=O) groups excluding carboxylic acids is 1. The van der Waals surface area contributed by atoms with Crippen LogP contribution in [-0.4, -0.2) is 50.0 Å². The molecule has 1 aliphatic heterocycles. The number of hydrogen-bond acceptors (Lipinski definition) is 5. The first-order chi connectivity index (χ1) is 11.7. The van der Waals surface area contributed by atoms with E-state index in [0.29, 0.717) is 12.0 Å². The molecule has 136 valence electrons. The average molecular weight is 367 g/mol. The smallest absolute Gasteiger partial charge is 0.337 e. The molecular weight excluding hydrogens is 346 g/mol. The van der Waals surface area contributed by atoms with E-state index in [1.807, 2.05) is 0 Å². The van der Waals surface area contributed by atoms with Crippen molar-refractivity contribution in [2.75, 3.05) is 20.2 Å². The van der Waals surface area contributed by atoms with Crippen LogP contribution in [0.25, 0.3) is 0 Å². The first-order valence-electron chi connectivity index (χ1n) is 8.15. The van der Waals surface area contributed by atoms with E-state index in [0.717, 1.165) is 12.8 Å². The Morgan fingerprint density at radius 2 is 2.08 bits per heavy atom. The van der Waals surface area contributed by atoms with E-state index in [9.17, 15) is 23.1 Å². The number of nitrogens with zero attached hydrogens (tertiary/aromatic N) is 1. The molecule has 25 heavy (non-hydrogen) atoms. The van der Waals surface area contributed by atoms with E-state index in [2.05, 4.69) is 4.74 Å². The van der Waals surface area contributed by atoms with Crippen LogP contribution in [0.3, 0.4) is 0 Å². The van der Waals surface area contributed by atoms with Gasteiger partial charge < -0.3 is 9.84 Å². The summed E-state index contributed by atoms with van der Waals surface area (Å²) in [5.74, 6) is -1.70. The molecule has 2 atom stereocenters. The van der Waals surface area contributed by atoms with Crippen molar-refractivity contribution in [2.24, 2.45) is 11.3 Å². The van der Waals surface area contributed by atoms with E-state index in [1.165, 1.54) is 23.5 Å². The van der Waals surface area contributed by atoms with Crippen molar-refractivity contribution in [3.8, 4) is 0 Å². The van der Waals surface area contributed by atoms with Gasteiger partial charge in [-0.25, -0.2) is 13.2 Å². The minimum Gasteiger partial charge on any atom is -0.481 e. The van der Waals surface area contributed by atoms with E-state index < -0.39 is 27.4 Å². The number of carbonyl (C=O) groups is 2. The molecule has 1 aliphatic carbocycles. The predicted molar refractivity (Wildman–Crippen MR) is 88.7 cm³/mol. The second kappa shape index (κ2) is 6.10. The largest absolute Gasteiger partial charge is 0.481 e. The fraction of sp³-hybridized carbons (Fsp3) is 0.529. The topological polar surface area (TPSA) is 101 Å². The van der Waals surface area contributed by atoms with E-state index in [4.69, 9.17) is 0 Å². The Labute approximate surface area is 146 Å². The third-order valence-electron chi connectivity index (χ3n) is 5.49. The Morgan fingerprint density at radius 1 is 1.36 bits per heavy atom. The molecule has 1 aromatic carbocycles. The number of ether oxygens (including phenoxy) is 1. The standard InChI is InChI=1S/C17H21NO6S/c1-11-5-6-12(15(19)24-2)8-14(11)25(22,23)18-9-13-4-3-7-17(13,10-18)16(20)21/h5-6,8,13H,3-4,7,9-10H2,1-2H3,(H,20,21)/t13-,17+/m0/s1. The summed E-state index contributed by atoms with van der Waals surface area (Å²) in [5, 5.41) is 9.65. The van der Waals surface area contributed by atoms with Gasteiger partial charge in [0.15, 0.2) is 0 Å². The SMILES string of the molecule is COC(=O)c1ccc(C)c(S(=O)(=O)N2C[C@@H]3CCC[C@@]3(C(=O)O)C2)c1. The van der Waals surface area contributed by atoms with Crippen LogP contribution in [0.15, 0.2) is 23.1 Å². The van der Waals surface area contributed by atoms with Crippen molar-refractivity contribution in [1.29, 1.82) is 0 Å². The summed E-state index contributed by atoms with van der Waals surface area (Å²) in [6.07, 6.45) is 2.03. The van der Waals surface area contributed by atoms with Gasteiger partial charge in [0, 0.05) is 13.1 Å². The van der Waals surface area contributed by atoms with Gasteiger partial charge in [0.1, 0.15) is 0 Å². The van der Waals surface area contributed by atoms with Gasteiger partial charge in [-0.2, -0.15) is 4.31 Å². The van der Waals surface area contributed by atoms with Crippen LogP contribution in [0.5, 0.6) is 0 Å². The molecule has 0 spiro atoms. The highest BCUT2D eigenvalue weighted by molar-refractivity contribution is 7.89. The molecule has 3 rings (SSSR count). The number of hydrogen-bond donors (Lipinski definition) is 1. The number of methoxy groups -OCH3 is 1. The summed E-state index contributed by atoms with van der Waals surface area (Å²) < 4.78 is 32.1. The number of fused-ring (bicyclic) bond motifs is 1. The first kappa shape index (κ1) is 17.9. The Balaban J connectivity index is 1.98. The Hall–Kier alpha value is -1.93. The van der Waals surface area contributed by atoms with Gasteiger partial charge >= 0.3 is 11.9 Å². The fourth-order valence-corrected chi connectivity index (χ4v) is 5.84. The van der Waals surface area contributed by atoms with Crippen molar-refractivity contribution >= 4 is 22.0 Å². The van der Waals surface area contributed by atoms with Gasteiger partial charge in [-0.3, -0.25) is 4.79 Å². The van der Waals surface area contributed by atoms with Crippen LogP contribution in [0.2, 0.25) is 0 Å². The average Bonchev–Trinajstić information content (AvgIpc) is 3.13. The maximum atomic E-state index is 13.1. The quantitative estimate of drug-likeness (QED) is 0.812. The van der Waals surface area contributed by atoms with Gasteiger partial charge in [0.2, 0.25) is 10.0 Å². The van der Waals surface area contributed by atoms with Gasteiger partial charge in [-0.1, -0.05) is 12.5 Å². The van der Waals surface area contributed by atoms with E-state index in [1.54, 1.807) is 13.0 Å². The minimum atomic E-state index is -3.89. The molecule has 0 bridgehead atoms. The first-order valence-corrected chi connectivity index (χ1v) is 9.59. The van der Waals surface area contributed by atoms with Crippen molar-refractivity contribution in [3.63, 3.8) is 0 Å². The van der Waals surface area contributed by atoms with Crippen LogP contribution in [0.1, 0.15) is 35.2 Å². The molecule has 1 saturated carbocycles. The molecule has 0 radical (unpaired) electrons. The highest BCUT2D eigenvalue weighted by atomic mass is 32.2. The summed E-state index contributed by atoms with van der Waals surface area (Å²) in [7, 11) is -2.65. The minimum absolute atomic E-state index is 0.0166. The number of sulfonamides is 1. The highest BCUT2D eigenvalue weighted by Gasteiger charge is 2.57. The second-order valence-corrected chi connectivity index (χ2v) is 8.73. The second-order valence-electron chi connectivity index (χ2n) is 6.82. The summed E-state index contributed by atoms with van der Waals surface area (Å²) in [5.41, 5.74) is -0.325. The number of benzene rings is 1. The number of carboxylic acids is 1. The van der Waals surface area contributed by atoms with Gasteiger partial charge in [0.25, 0.3) is 0 Å². The van der Waals surface area contributed by atoms with Crippen molar-refractivity contribution in [2.45, 2.75) is 31.1 Å². The molecule has 2 fully saturated rings. The summed E-state index contributed by atoms with van der Waals surface area (Å²) in [4.78, 5) is 23.5. The van der Waals surface area contributed by atoms with Crippen LogP contribution in [0.4, 0.5) is 0 Å². The van der Waals surface area contributed by atoms with Crippen LogP contribution < -0.4 is 0 Å². The van der Waals surface area contributed by atoms with Gasteiger partial charge in [-0.05, 0) is 43.4 Å². The molecular formula is C17H21NO6S. The number of aryl methyl sites for hydroxylation is 1. The summed E-state index contributed by atoms with van der Waals surface area (Å²) in [6.45, 7) is 1.84. The van der Waals surface area contributed by atoms with Crippen LogP contribution in [0, 0.1) is 18.3 Å². The molecule has 0 amide bonds. The van der Waals surface area contributed by atoms with Crippen LogP contribution >= 0.6 is 0 Å². The van der Waals surface area contributed by atoms with Gasteiger partial charge in [0.05, 0.1) is 23.0 Å². The molecule has 1 aromatic rings. The zero-order valence-corrected chi connectivity index (χ0v) is 15.0. The van der Waals surface area contributed by atoms with Crippen molar-refractivity contribution in [1.82, 2.24) is 4.31 Å². The molecule has 0 aromatic heterocycles. The lowest BCUT2D eigenvalue weighted by molar-refractivity contribution is -0.149. The third-order valence-corrected chi connectivity index (χ3v) is 7.45. The van der Waals surface area contributed by atoms with Crippen molar-refractivity contribution < 1.29 is 27.9 Å². The number of carboxylic acid groups (broad SMARTS) is 1. The summed E-state index contributed by atoms with van der Waals surface area (Å²) >= 11 is 0. The molecule has 7 nitrogen and oxygen atoms in total. The lowest BCUT2D eigenvalue weighted by Gasteiger charge is -2.23. The maximum absolute atomic E-state index is 13.1. The molecule has 0 unspecified atom stereocenters. The Bertz CT molecular complexity index is 834. The lowest BCUT2D eigenvalue weighted by atomic mass is 9.81.